The third-order valence-electron chi connectivity index (χ3n) is 6.53. The zero-order valence-electron chi connectivity index (χ0n) is 19.5. The molecular formula is C26H28N2O6. The van der Waals surface area contributed by atoms with Crippen molar-refractivity contribution < 1.29 is 23.7 Å². The second kappa shape index (κ2) is 8.59. The molecule has 0 unspecified atom stereocenters. The molecule has 8 nitrogen and oxygen atoms in total. The number of nitrogens with one attached hydrogen (secondary N) is 2. The molecule has 3 heterocycles. The minimum Gasteiger partial charge on any atom is -0.488 e. The van der Waals surface area contributed by atoms with Crippen molar-refractivity contribution in [2.24, 2.45) is 0 Å². The molecule has 0 bridgehead atoms. The molecule has 0 amide bonds. The molecular weight excluding hydrogens is 436 g/mol. The molecule has 2 aliphatic heterocycles. The average Bonchev–Trinajstić information content (AvgIpc) is 3.43. The maximum absolute atomic E-state index is 12.9. The number of aromatic amines is 2. The van der Waals surface area contributed by atoms with Gasteiger partial charge in [0.15, 0.2) is 11.5 Å². The lowest BCUT2D eigenvalue weighted by atomic mass is 9.86. The Kier molecular flexibility index (Phi) is 5.59. The Morgan fingerprint density at radius 2 is 1.88 bits per heavy atom. The van der Waals surface area contributed by atoms with Crippen molar-refractivity contribution >= 4 is 5.97 Å². The highest BCUT2D eigenvalue weighted by molar-refractivity contribution is 5.71. The van der Waals surface area contributed by atoms with E-state index in [1.807, 2.05) is 24.3 Å². The lowest BCUT2D eigenvalue weighted by Crippen LogP contribution is -2.32. The number of hydrogen-bond acceptors (Lipinski definition) is 6. The van der Waals surface area contributed by atoms with Gasteiger partial charge in [-0.2, -0.15) is 0 Å². The zero-order chi connectivity index (χ0) is 23.9. The quantitative estimate of drug-likeness (QED) is 0.538. The first-order valence-electron chi connectivity index (χ1n) is 11.4. The van der Waals surface area contributed by atoms with E-state index in [-0.39, 0.29) is 24.4 Å². The molecule has 0 saturated heterocycles. The summed E-state index contributed by atoms with van der Waals surface area (Å²) < 4.78 is 22.0. The van der Waals surface area contributed by atoms with Gasteiger partial charge in [-0.15, -0.1) is 0 Å². The average molecular weight is 465 g/mol. The Morgan fingerprint density at radius 1 is 1.09 bits per heavy atom. The van der Waals surface area contributed by atoms with Crippen LogP contribution in [0.4, 0.5) is 0 Å². The van der Waals surface area contributed by atoms with Crippen molar-refractivity contribution in [3.63, 3.8) is 0 Å². The summed E-state index contributed by atoms with van der Waals surface area (Å²) in [5.41, 5.74) is 3.82. The van der Waals surface area contributed by atoms with Gasteiger partial charge in [0.2, 0.25) is 6.79 Å². The summed E-state index contributed by atoms with van der Waals surface area (Å²) in [6.45, 7) is 4.34. The van der Waals surface area contributed by atoms with E-state index in [9.17, 15) is 9.59 Å². The standard InChI is InChI=1S/C26H28N2O6/c1-26(2)9-8-17-10-15(4-6-20(17)34-26)11-19-24(25(30)28-27-19)18(13-23(29)31-3)16-5-7-21-22(12-16)33-14-32-21/h4-7,10,12,18H,8-9,11,13-14H2,1-3H3,(H2,27,28,30)/t18-/m1/s1. The molecule has 1 aromatic heterocycles. The number of methoxy groups -OCH3 is 1. The summed E-state index contributed by atoms with van der Waals surface area (Å²) in [6, 6.07) is 11.6. The van der Waals surface area contributed by atoms with E-state index in [0.717, 1.165) is 41.0 Å². The highest BCUT2D eigenvalue weighted by Crippen LogP contribution is 2.38. The lowest BCUT2D eigenvalue weighted by molar-refractivity contribution is -0.140. The van der Waals surface area contributed by atoms with Crippen LogP contribution in [0.5, 0.6) is 17.2 Å². The van der Waals surface area contributed by atoms with E-state index in [1.165, 1.54) is 7.11 Å². The summed E-state index contributed by atoms with van der Waals surface area (Å²) in [5.74, 6) is 1.24. The van der Waals surface area contributed by atoms with Crippen molar-refractivity contribution in [1.82, 2.24) is 10.2 Å². The third kappa shape index (κ3) is 4.27. The van der Waals surface area contributed by atoms with Gasteiger partial charge >= 0.3 is 5.97 Å². The molecule has 3 aromatic rings. The maximum atomic E-state index is 12.9. The number of carbonyl (C=O) groups is 1. The van der Waals surface area contributed by atoms with E-state index in [1.54, 1.807) is 6.07 Å². The fraction of sp³-hybridized carbons (Fsp3) is 0.385. The minimum absolute atomic E-state index is 0.0250. The SMILES string of the molecule is COC(=O)C[C@H](c1ccc2c(c1)OCO2)c1c(Cc2ccc3c(c2)CCC(C)(C)O3)[nH][nH]c1=O. The summed E-state index contributed by atoms with van der Waals surface area (Å²) in [5, 5.41) is 5.74. The second-order valence-corrected chi connectivity index (χ2v) is 9.40. The first-order valence-corrected chi connectivity index (χ1v) is 11.4. The van der Waals surface area contributed by atoms with Crippen LogP contribution < -0.4 is 19.8 Å². The predicted molar refractivity (Wildman–Crippen MR) is 125 cm³/mol. The van der Waals surface area contributed by atoms with E-state index in [4.69, 9.17) is 18.9 Å². The minimum atomic E-state index is -0.506. The molecule has 2 N–H and O–H groups in total. The monoisotopic (exact) mass is 464 g/mol. The Balaban J connectivity index is 1.49. The van der Waals surface area contributed by atoms with Crippen LogP contribution in [0, 0.1) is 0 Å². The van der Waals surface area contributed by atoms with Gasteiger partial charge in [0, 0.05) is 23.6 Å². The van der Waals surface area contributed by atoms with Crippen LogP contribution in [0.2, 0.25) is 0 Å². The van der Waals surface area contributed by atoms with Gasteiger partial charge in [-0.1, -0.05) is 18.2 Å². The number of aromatic nitrogens is 2. The molecule has 8 heteroatoms. The van der Waals surface area contributed by atoms with Crippen LogP contribution in [-0.2, 0) is 22.4 Å². The molecule has 2 aromatic carbocycles. The van der Waals surface area contributed by atoms with Gasteiger partial charge in [-0.25, -0.2) is 0 Å². The van der Waals surface area contributed by atoms with Gasteiger partial charge in [-0.05, 0) is 61.6 Å². The normalized spacial score (nSPS) is 16.4. The molecule has 1 atom stereocenters. The van der Waals surface area contributed by atoms with Crippen LogP contribution in [0.15, 0.2) is 41.2 Å². The third-order valence-corrected chi connectivity index (χ3v) is 6.53. The Labute approximate surface area is 197 Å². The molecule has 0 radical (unpaired) electrons. The Morgan fingerprint density at radius 3 is 2.71 bits per heavy atom. The number of hydrogen-bond donors (Lipinski definition) is 2. The molecule has 2 aliphatic rings. The van der Waals surface area contributed by atoms with Gasteiger partial charge < -0.3 is 24.0 Å². The summed E-state index contributed by atoms with van der Waals surface area (Å²) in [7, 11) is 1.35. The van der Waals surface area contributed by atoms with Crippen molar-refractivity contribution in [1.29, 1.82) is 0 Å². The van der Waals surface area contributed by atoms with Crippen LogP contribution in [-0.4, -0.2) is 35.7 Å². The molecule has 0 fully saturated rings. The van der Waals surface area contributed by atoms with Crippen LogP contribution in [0.25, 0.3) is 0 Å². The first-order chi connectivity index (χ1) is 16.3. The number of aryl methyl sites for hydroxylation is 1. The highest BCUT2D eigenvalue weighted by Gasteiger charge is 2.29. The van der Waals surface area contributed by atoms with Crippen LogP contribution in [0.3, 0.4) is 0 Å². The smallest absolute Gasteiger partial charge is 0.306 e. The van der Waals surface area contributed by atoms with Crippen molar-refractivity contribution in [3.05, 3.63) is 74.7 Å². The fourth-order valence-electron chi connectivity index (χ4n) is 4.70. The van der Waals surface area contributed by atoms with Gasteiger partial charge in [-0.3, -0.25) is 14.7 Å². The van der Waals surface area contributed by atoms with Gasteiger partial charge in [0.1, 0.15) is 11.4 Å². The number of esters is 1. The predicted octanol–water partition coefficient (Wildman–Crippen LogP) is 3.82. The van der Waals surface area contributed by atoms with Crippen molar-refractivity contribution in [3.8, 4) is 17.2 Å². The van der Waals surface area contributed by atoms with Crippen molar-refractivity contribution in [2.75, 3.05) is 13.9 Å². The molecule has 178 valence electrons. The van der Waals surface area contributed by atoms with Crippen molar-refractivity contribution in [2.45, 2.75) is 51.0 Å². The number of carbonyl (C=O) groups excluding carboxylic acids is 1. The number of rotatable bonds is 6. The number of benzene rings is 2. The highest BCUT2D eigenvalue weighted by atomic mass is 16.7. The molecule has 0 aliphatic carbocycles. The summed E-state index contributed by atoms with van der Waals surface area (Å²) >= 11 is 0. The van der Waals surface area contributed by atoms with E-state index >= 15 is 0 Å². The molecule has 0 spiro atoms. The number of H-pyrrole nitrogens is 2. The van der Waals surface area contributed by atoms with E-state index in [0.29, 0.717) is 23.5 Å². The van der Waals surface area contributed by atoms with E-state index < -0.39 is 11.9 Å². The largest absolute Gasteiger partial charge is 0.488 e. The fourth-order valence-corrected chi connectivity index (χ4v) is 4.70. The van der Waals surface area contributed by atoms with Crippen LogP contribution >= 0.6 is 0 Å². The summed E-state index contributed by atoms with van der Waals surface area (Å²) in [6.07, 6.45) is 2.42. The van der Waals surface area contributed by atoms with Crippen LogP contribution in [0.1, 0.15) is 60.6 Å². The lowest BCUT2D eigenvalue weighted by Gasteiger charge is -2.32. The first kappa shape index (κ1) is 22.1. The second-order valence-electron chi connectivity index (χ2n) is 9.40. The Hall–Kier alpha value is -3.68. The van der Waals surface area contributed by atoms with E-state index in [2.05, 4.69) is 30.1 Å². The number of fused-ring (bicyclic) bond motifs is 2. The summed E-state index contributed by atoms with van der Waals surface area (Å²) in [4.78, 5) is 25.2. The molecule has 5 rings (SSSR count). The zero-order valence-corrected chi connectivity index (χ0v) is 19.5. The van der Waals surface area contributed by atoms with Gasteiger partial charge in [0.25, 0.3) is 5.56 Å². The topological polar surface area (TPSA) is 103 Å². The molecule has 0 saturated carbocycles. The Bertz CT molecular complexity index is 1290. The maximum Gasteiger partial charge on any atom is 0.306 e. The van der Waals surface area contributed by atoms with Gasteiger partial charge in [0.05, 0.1) is 13.5 Å². The molecule has 34 heavy (non-hydrogen) atoms. The number of ether oxygens (including phenoxy) is 4.